The van der Waals surface area contributed by atoms with Crippen LogP contribution in [0.1, 0.15) is 43.5 Å². The van der Waals surface area contributed by atoms with E-state index in [-0.39, 0.29) is 16.9 Å². The number of hydrogen-bond acceptors (Lipinski definition) is 5. The van der Waals surface area contributed by atoms with Gasteiger partial charge in [-0.3, -0.25) is 9.78 Å². The van der Waals surface area contributed by atoms with Crippen molar-refractivity contribution in [3.05, 3.63) is 60.3 Å². The number of fused-ring (bicyclic) bond motifs is 1. The normalized spacial score (nSPS) is 15.1. The number of carbonyl (C=O) groups excluding carboxylic acids is 1. The molecule has 7 nitrogen and oxygen atoms in total. The Morgan fingerprint density at radius 1 is 1.06 bits per heavy atom. The third kappa shape index (κ3) is 4.61. The van der Waals surface area contributed by atoms with Crippen molar-refractivity contribution in [2.45, 2.75) is 44.1 Å². The Kier molecular flexibility index (Phi) is 6.43. The van der Waals surface area contributed by atoms with Crippen LogP contribution in [0.5, 0.6) is 5.75 Å². The molecular weight excluding hydrogens is 426 g/mol. The average Bonchev–Trinajstić information content (AvgIpc) is 2.80. The average molecular weight is 454 g/mol. The van der Waals surface area contributed by atoms with Crippen LogP contribution >= 0.6 is 0 Å². The molecule has 168 valence electrons. The second-order valence-corrected chi connectivity index (χ2v) is 10.1. The SMILES string of the molecule is CC(C)Oc1ccc(S(=O)(=O)N2CCCCC2)cc1NC(=O)c1cccc2ncccc12. The summed E-state index contributed by atoms with van der Waals surface area (Å²) in [5.74, 6) is 0.0639. The van der Waals surface area contributed by atoms with Gasteiger partial charge in [0, 0.05) is 30.2 Å². The molecule has 1 aromatic heterocycles. The highest BCUT2D eigenvalue weighted by molar-refractivity contribution is 7.89. The van der Waals surface area contributed by atoms with Crippen molar-refractivity contribution < 1.29 is 17.9 Å². The molecular formula is C24H27N3O4S. The molecule has 8 heteroatoms. The number of nitrogens with one attached hydrogen (secondary N) is 1. The van der Waals surface area contributed by atoms with Gasteiger partial charge >= 0.3 is 0 Å². The van der Waals surface area contributed by atoms with E-state index in [1.807, 2.05) is 26.0 Å². The van der Waals surface area contributed by atoms with Gasteiger partial charge in [-0.05, 0) is 63.1 Å². The molecule has 0 unspecified atom stereocenters. The Morgan fingerprint density at radius 3 is 2.59 bits per heavy atom. The van der Waals surface area contributed by atoms with Gasteiger partial charge in [0.2, 0.25) is 10.0 Å². The maximum absolute atomic E-state index is 13.2. The number of pyridine rings is 1. The minimum absolute atomic E-state index is 0.142. The smallest absolute Gasteiger partial charge is 0.256 e. The summed E-state index contributed by atoms with van der Waals surface area (Å²) in [6, 6.07) is 13.6. The molecule has 0 bridgehead atoms. The van der Waals surface area contributed by atoms with Gasteiger partial charge in [0.15, 0.2) is 0 Å². The highest BCUT2D eigenvalue weighted by Gasteiger charge is 2.27. The molecule has 1 aliphatic heterocycles. The van der Waals surface area contributed by atoms with Crippen LogP contribution in [0.2, 0.25) is 0 Å². The van der Waals surface area contributed by atoms with Crippen molar-refractivity contribution in [2.75, 3.05) is 18.4 Å². The van der Waals surface area contributed by atoms with E-state index in [2.05, 4.69) is 10.3 Å². The number of benzene rings is 2. The number of rotatable bonds is 6. The molecule has 0 radical (unpaired) electrons. The van der Waals surface area contributed by atoms with Crippen LogP contribution in [0, 0.1) is 0 Å². The largest absolute Gasteiger partial charge is 0.489 e. The lowest BCUT2D eigenvalue weighted by molar-refractivity contribution is 0.102. The first-order valence-corrected chi connectivity index (χ1v) is 12.3. The maximum atomic E-state index is 13.2. The summed E-state index contributed by atoms with van der Waals surface area (Å²) in [5.41, 5.74) is 1.48. The molecule has 2 heterocycles. The summed E-state index contributed by atoms with van der Waals surface area (Å²) < 4.78 is 33.7. The highest BCUT2D eigenvalue weighted by atomic mass is 32.2. The molecule has 0 spiro atoms. The van der Waals surface area contributed by atoms with Crippen LogP contribution in [0.4, 0.5) is 5.69 Å². The molecule has 0 atom stereocenters. The molecule has 0 saturated carbocycles. The van der Waals surface area contributed by atoms with E-state index in [9.17, 15) is 13.2 Å². The van der Waals surface area contributed by atoms with Gasteiger partial charge in [-0.1, -0.05) is 18.6 Å². The second kappa shape index (κ2) is 9.26. The Morgan fingerprint density at radius 2 is 1.84 bits per heavy atom. The molecule has 3 aromatic rings. The zero-order chi connectivity index (χ0) is 22.7. The standard InChI is InChI=1S/C24H27N3O4S/c1-17(2)31-23-12-11-18(32(29,30)27-14-4-3-5-15-27)16-22(23)26-24(28)20-8-6-10-21-19(20)9-7-13-25-21/h6-13,16-17H,3-5,14-15H2,1-2H3,(H,26,28). The molecule has 1 amide bonds. The summed E-state index contributed by atoms with van der Waals surface area (Å²) in [6.07, 6.45) is 4.28. The zero-order valence-electron chi connectivity index (χ0n) is 18.2. The predicted octanol–water partition coefficient (Wildman–Crippen LogP) is 4.45. The number of ether oxygens (including phenoxy) is 1. The maximum Gasteiger partial charge on any atom is 0.256 e. The molecule has 1 saturated heterocycles. The molecule has 1 N–H and O–H groups in total. The van der Waals surface area contributed by atoms with Gasteiger partial charge in [0.1, 0.15) is 5.75 Å². The summed E-state index contributed by atoms with van der Waals surface area (Å²) in [6.45, 7) is 4.77. The van der Waals surface area contributed by atoms with Crippen LogP contribution in [0.3, 0.4) is 0 Å². The summed E-state index contributed by atoms with van der Waals surface area (Å²) >= 11 is 0. The summed E-state index contributed by atoms with van der Waals surface area (Å²) in [7, 11) is -3.65. The number of hydrogen-bond donors (Lipinski definition) is 1. The lowest BCUT2D eigenvalue weighted by Gasteiger charge is -2.26. The number of sulfonamides is 1. The molecule has 2 aromatic carbocycles. The lowest BCUT2D eigenvalue weighted by atomic mass is 10.1. The van der Waals surface area contributed by atoms with Gasteiger partial charge in [0.25, 0.3) is 5.91 Å². The second-order valence-electron chi connectivity index (χ2n) is 8.12. The van der Waals surface area contributed by atoms with Crippen LogP contribution in [0.25, 0.3) is 10.9 Å². The van der Waals surface area contributed by atoms with E-state index in [1.54, 1.807) is 36.5 Å². The Hall–Kier alpha value is -2.97. The third-order valence-corrected chi connectivity index (χ3v) is 7.30. The molecule has 4 rings (SSSR count). The minimum Gasteiger partial charge on any atom is -0.489 e. The van der Waals surface area contributed by atoms with E-state index in [0.717, 1.165) is 24.6 Å². The van der Waals surface area contributed by atoms with Gasteiger partial charge in [0.05, 0.1) is 22.2 Å². The van der Waals surface area contributed by atoms with E-state index in [0.29, 0.717) is 35.6 Å². The van der Waals surface area contributed by atoms with Crippen molar-refractivity contribution >= 4 is 32.5 Å². The Bertz CT molecular complexity index is 1230. The molecule has 32 heavy (non-hydrogen) atoms. The van der Waals surface area contributed by atoms with E-state index in [4.69, 9.17) is 4.74 Å². The van der Waals surface area contributed by atoms with Crippen molar-refractivity contribution in [2.24, 2.45) is 0 Å². The number of piperidine rings is 1. The number of anilines is 1. The van der Waals surface area contributed by atoms with Crippen molar-refractivity contribution in [3.63, 3.8) is 0 Å². The summed E-state index contributed by atoms with van der Waals surface area (Å²) in [5, 5.41) is 3.58. The van der Waals surface area contributed by atoms with Crippen molar-refractivity contribution in [1.82, 2.24) is 9.29 Å². The van der Waals surface area contributed by atoms with E-state index in [1.165, 1.54) is 10.4 Å². The third-order valence-electron chi connectivity index (χ3n) is 5.41. The van der Waals surface area contributed by atoms with Gasteiger partial charge in [-0.25, -0.2) is 8.42 Å². The first kappa shape index (κ1) is 22.2. The highest BCUT2D eigenvalue weighted by Crippen LogP contribution is 2.31. The van der Waals surface area contributed by atoms with Gasteiger partial charge in [-0.15, -0.1) is 0 Å². The van der Waals surface area contributed by atoms with Crippen LogP contribution in [-0.4, -0.2) is 42.8 Å². The van der Waals surface area contributed by atoms with Crippen molar-refractivity contribution in [1.29, 1.82) is 0 Å². The minimum atomic E-state index is -3.65. The fourth-order valence-corrected chi connectivity index (χ4v) is 5.41. The fourth-order valence-electron chi connectivity index (χ4n) is 3.87. The van der Waals surface area contributed by atoms with Crippen LogP contribution in [-0.2, 0) is 10.0 Å². The molecule has 0 aliphatic carbocycles. The van der Waals surface area contributed by atoms with Crippen LogP contribution < -0.4 is 10.1 Å². The van der Waals surface area contributed by atoms with Gasteiger partial charge < -0.3 is 10.1 Å². The Balaban J connectivity index is 1.71. The molecule has 1 fully saturated rings. The van der Waals surface area contributed by atoms with Gasteiger partial charge in [-0.2, -0.15) is 4.31 Å². The number of aromatic nitrogens is 1. The summed E-state index contributed by atoms with van der Waals surface area (Å²) in [4.78, 5) is 17.6. The quantitative estimate of drug-likeness (QED) is 0.596. The number of amides is 1. The monoisotopic (exact) mass is 453 g/mol. The van der Waals surface area contributed by atoms with E-state index < -0.39 is 10.0 Å². The predicted molar refractivity (Wildman–Crippen MR) is 125 cm³/mol. The number of nitrogens with zero attached hydrogens (tertiary/aromatic N) is 2. The van der Waals surface area contributed by atoms with Crippen molar-refractivity contribution in [3.8, 4) is 5.75 Å². The topological polar surface area (TPSA) is 88.6 Å². The lowest BCUT2D eigenvalue weighted by Crippen LogP contribution is -2.35. The van der Waals surface area contributed by atoms with E-state index >= 15 is 0 Å². The first-order chi connectivity index (χ1) is 15.4. The first-order valence-electron chi connectivity index (χ1n) is 10.8. The zero-order valence-corrected chi connectivity index (χ0v) is 19.1. The fraction of sp³-hybridized carbons (Fsp3) is 0.333. The van der Waals surface area contributed by atoms with Crippen LogP contribution in [0.15, 0.2) is 59.6 Å². The number of carbonyl (C=O) groups is 1. The molecule has 1 aliphatic rings. The Labute approximate surface area is 188 Å².